The fourth-order valence-electron chi connectivity index (χ4n) is 2.91. The summed E-state index contributed by atoms with van der Waals surface area (Å²) < 4.78 is 0. The number of carbonyl (C=O) groups excluding carboxylic acids is 1. The van der Waals surface area contributed by atoms with Crippen molar-refractivity contribution in [2.45, 2.75) is 26.8 Å². The van der Waals surface area contributed by atoms with Gasteiger partial charge in [0.25, 0.3) is 0 Å². The van der Waals surface area contributed by atoms with Crippen LogP contribution in [-0.4, -0.2) is 49.6 Å². The van der Waals surface area contributed by atoms with Gasteiger partial charge in [-0.3, -0.25) is 9.69 Å². The van der Waals surface area contributed by atoms with Gasteiger partial charge in [0.2, 0.25) is 5.91 Å². The summed E-state index contributed by atoms with van der Waals surface area (Å²) in [4.78, 5) is 16.7. The summed E-state index contributed by atoms with van der Waals surface area (Å²) in [6.07, 6.45) is 1.71. The first-order valence-corrected chi connectivity index (χ1v) is 7.98. The molecule has 0 unspecified atom stereocenters. The normalized spacial score (nSPS) is 17.1. The number of hydrogen-bond acceptors (Lipinski definition) is 3. The van der Waals surface area contributed by atoms with E-state index in [0.717, 1.165) is 26.2 Å². The second-order valence-electron chi connectivity index (χ2n) is 5.95. The summed E-state index contributed by atoms with van der Waals surface area (Å²) in [5.41, 5.74) is 4.01. The average Bonchev–Trinajstić information content (AvgIpc) is 2.54. The molecule has 1 aliphatic rings. The SMILES string of the molecule is C=CCNC(=O)[C@@H](C)N1CCN(c2cccc(C)c2C)CC1. The molecule has 0 radical (unpaired) electrons. The lowest BCUT2D eigenvalue weighted by molar-refractivity contribution is -0.125. The number of aryl methyl sites for hydroxylation is 1. The van der Waals surface area contributed by atoms with E-state index in [-0.39, 0.29) is 11.9 Å². The molecule has 1 saturated heterocycles. The Morgan fingerprint density at radius 1 is 1.32 bits per heavy atom. The maximum absolute atomic E-state index is 12.0. The predicted octanol–water partition coefficient (Wildman–Crippen LogP) is 2.12. The van der Waals surface area contributed by atoms with E-state index in [1.54, 1.807) is 6.08 Å². The van der Waals surface area contributed by atoms with Crippen molar-refractivity contribution in [3.05, 3.63) is 42.0 Å². The third-order valence-corrected chi connectivity index (χ3v) is 4.58. The summed E-state index contributed by atoms with van der Waals surface area (Å²) in [6, 6.07) is 6.38. The minimum absolute atomic E-state index is 0.0827. The van der Waals surface area contributed by atoms with Crippen LogP contribution in [0, 0.1) is 13.8 Å². The first-order chi connectivity index (χ1) is 10.5. The zero-order valence-corrected chi connectivity index (χ0v) is 13.9. The molecule has 1 heterocycles. The van der Waals surface area contributed by atoms with E-state index in [0.29, 0.717) is 6.54 Å². The van der Waals surface area contributed by atoms with Gasteiger partial charge >= 0.3 is 0 Å². The number of nitrogens with one attached hydrogen (secondary N) is 1. The monoisotopic (exact) mass is 301 g/mol. The van der Waals surface area contributed by atoms with E-state index in [2.05, 4.69) is 53.7 Å². The topological polar surface area (TPSA) is 35.6 Å². The molecule has 1 aliphatic heterocycles. The Morgan fingerprint density at radius 3 is 2.64 bits per heavy atom. The summed E-state index contributed by atoms with van der Waals surface area (Å²) in [6.45, 7) is 14.2. The minimum Gasteiger partial charge on any atom is -0.369 e. The Hall–Kier alpha value is -1.81. The van der Waals surface area contributed by atoms with Crippen molar-refractivity contribution >= 4 is 11.6 Å². The summed E-state index contributed by atoms with van der Waals surface area (Å²) in [7, 11) is 0. The smallest absolute Gasteiger partial charge is 0.237 e. The zero-order chi connectivity index (χ0) is 16.1. The van der Waals surface area contributed by atoms with Gasteiger partial charge in [0.1, 0.15) is 0 Å². The van der Waals surface area contributed by atoms with E-state index < -0.39 is 0 Å². The number of hydrogen-bond donors (Lipinski definition) is 1. The highest BCUT2D eigenvalue weighted by atomic mass is 16.2. The number of rotatable bonds is 5. The quantitative estimate of drug-likeness (QED) is 0.846. The fraction of sp³-hybridized carbons (Fsp3) is 0.500. The molecule has 1 aromatic carbocycles. The maximum atomic E-state index is 12.0. The molecule has 1 amide bonds. The molecular weight excluding hydrogens is 274 g/mol. The van der Waals surface area contributed by atoms with E-state index in [1.165, 1.54) is 16.8 Å². The Bertz CT molecular complexity index is 533. The molecule has 0 bridgehead atoms. The van der Waals surface area contributed by atoms with Gasteiger partial charge in [-0.2, -0.15) is 0 Å². The zero-order valence-electron chi connectivity index (χ0n) is 13.9. The van der Waals surface area contributed by atoms with Crippen LogP contribution in [0.25, 0.3) is 0 Å². The van der Waals surface area contributed by atoms with Gasteiger partial charge in [-0.25, -0.2) is 0 Å². The Labute approximate surface area is 133 Å². The highest BCUT2D eigenvalue weighted by Crippen LogP contribution is 2.24. The van der Waals surface area contributed by atoms with Crippen LogP contribution in [0.3, 0.4) is 0 Å². The molecule has 0 spiro atoms. The molecule has 4 nitrogen and oxygen atoms in total. The fourth-order valence-corrected chi connectivity index (χ4v) is 2.91. The lowest BCUT2D eigenvalue weighted by Gasteiger charge is -2.39. The standard InChI is InChI=1S/C18H27N3O/c1-5-9-19-18(22)16(4)20-10-12-21(13-11-20)17-8-6-7-14(2)15(17)3/h5-8,16H,1,9-13H2,2-4H3,(H,19,22)/t16-/m1/s1. The van der Waals surface area contributed by atoms with Gasteiger partial charge in [-0.15, -0.1) is 6.58 Å². The summed E-state index contributed by atoms with van der Waals surface area (Å²) in [5, 5.41) is 2.88. The third kappa shape index (κ3) is 3.69. The molecular formula is C18H27N3O. The van der Waals surface area contributed by atoms with Gasteiger partial charge in [0.05, 0.1) is 6.04 Å². The van der Waals surface area contributed by atoms with Crippen LogP contribution in [0.4, 0.5) is 5.69 Å². The molecule has 1 fully saturated rings. The number of anilines is 1. The highest BCUT2D eigenvalue weighted by molar-refractivity contribution is 5.81. The Morgan fingerprint density at radius 2 is 2.00 bits per heavy atom. The molecule has 1 N–H and O–H groups in total. The van der Waals surface area contributed by atoms with Crippen LogP contribution < -0.4 is 10.2 Å². The molecule has 1 aromatic rings. The highest BCUT2D eigenvalue weighted by Gasteiger charge is 2.25. The molecule has 2 rings (SSSR count). The van der Waals surface area contributed by atoms with Crippen LogP contribution in [0.2, 0.25) is 0 Å². The van der Waals surface area contributed by atoms with Crippen molar-refractivity contribution in [1.82, 2.24) is 10.2 Å². The molecule has 22 heavy (non-hydrogen) atoms. The molecule has 1 atom stereocenters. The average molecular weight is 301 g/mol. The van der Waals surface area contributed by atoms with E-state index >= 15 is 0 Å². The first kappa shape index (κ1) is 16.6. The number of amides is 1. The van der Waals surface area contributed by atoms with Gasteiger partial charge in [-0.05, 0) is 38.0 Å². The number of carbonyl (C=O) groups is 1. The Kier molecular flexibility index (Phi) is 5.61. The molecule has 0 aromatic heterocycles. The second-order valence-corrected chi connectivity index (χ2v) is 5.95. The van der Waals surface area contributed by atoms with Crippen molar-refractivity contribution in [3.8, 4) is 0 Å². The van der Waals surface area contributed by atoms with Crippen LogP contribution in [-0.2, 0) is 4.79 Å². The molecule has 0 saturated carbocycles. The van der Waals surface area contributed by atoms with Gasteiger partial charge in [0.15, 0.2) is 0 Å². The first-order valence-electron chi connectivity index (χ1n) is 7.98. The summed E-state index contributed by atoms with van der Waals surface area (Å²) in [5.74, 6) is 0.0834. The van der Waals surface area contributed by atoms with Crippen LogP contribution in [0.5, 0.6) is 0 Å². The largest absolute Gasteiger partial charge is 0.369 e. The Balaban J connectivity index is 1.94. The number of nitrogens with zero attached hydrogens (tertiary/aromatic N) is 2. The van der Waals surface area contributed by atoms with Crippen LogP contribution >= 0.6 is 0 Å². The summed E-state index contributed by atoms with van der Waals surface area (Å²) >= 11 is 0. The number of benzene rings is 1. The van der Waals surface area contributed by atoms with Crippen molar-refractivity contribution in [2.75, 3.05) is 37.6 Å². The maximum Gasteiger partial charge on any atom is 0.237 e. The van der Waals surface area contributed by atoms with Crippen LogP contribution in [0.15, 0.2) is 30.9 Å². The predicted molar refractivity (Wildman–Crippen MR) is 92.4 cm³/mol. The minimum atomic E-state index is -0.0827. The second kappa shape index (κ2) is 7.45. The van der Waals surface area contributed by atoms with Crippen molar-refractivity contribution in [3.63, 3.8) is 0 Å². The van der Waals surface area contributed by atoms with E-state index in [1.807, 2.05) is 6.92 Å². The molecule has 0 aliphatic carbocycles. The lowest BCUT2D eigenvalue weighted by Crippen LogP contribution is -2.54. The van der Waals surface area contributed by atoms with Crippen LogP contribution in [0.1, 0.15) is 18.1 Å². The number of piperazine rings is 1. The van der Waals surface area contributed by atoms with E-state index in [9.17, 15) is 4.79 Å². The molecule has 120 valence electrons. The van der Waals surface area contributed by atoms with Crippen molar-refractivity contribution in [1.29, 1.82) is 0 Å². The third-order valence-electron chi connectivity index (χ3n) is 4.58. The molecule has 4 heteroatoms. The van der Waals surface area contributed by atoms with Crippen molar-refractivity contribution < 1.29 is 4.79 Å². The van der Waals surface area contributed by atoms with Gasteiger partial charge in [0, 0.05) is 38.4 Å². The lowest BCUT2D eigenvalue weighted by atomic mass is 10.1. The van der Waals surface area contributed by atoms with E-state index in [4.69, 9.17) is 0 Å². The van der Waals surface area contributed by atoms with Gasteiger partial charge in [-0.1, -0.05) is 18.2 Å². The van der Waals surface area contributed by atoms with Gasteiger partial charge < -0.3 is 10.2 Å². The van der Waals surface area contributed by atoms with Crippen molar-refractivity contribution in [2.24, 2.45) is 0 Å².